The van der Waals surface area contributed by atoms with Gasteiger partial charge in [-0.1, -0.05) is 12.8 Å². The van der Waals surface area contributed by atoms with Gasteiger partial charge < -0.3 is 15.4 Å². The van der Waals surface area contributed by atoms with Crippen molar-refractivity contribution in [3.8, 4) is 5.75 Å². The van der Waals surface area contributed by atoms with Gasteiger partial charge in [-0.05, 0) is 50.5 Å². The van der Waals surface area contributed by atoms with Gasteiger partial charge in [0, 0.05) is 18.7 Å². The van der Waals surface area contributed by atoms with Gasteiger partial charge in [0.1, 0.15) is 11.8 Å². The maximum atomic E-state index is 12.9. The van der Waals surface area contributed by atoms with E-state index in [0.29, 0.717) is 16.9 Å². The Hall–Kier alpha value is -2.13. The minimum Gasteiger partial charge on any atom is -0.497 e. The fourth-order valence-electron chi connectivity index (χ4n) is 4.17. The zero-order valence-corrected chi connectivity index (χ0v) is 18.0. The number of rotatable bonds is 5. The molecule has 2 fully saturated rings. The maximum absolute atomic E-state index is 12.9. The molecular formula is C20H29N3O5S. The molecule has 160 valence electrons. The molecule has 1 spiro atoms. The van der Waals surface area contributed by atoms with Crippen LogP contribution in [-0.2, 0) is 14.8 Å². The van der Waals surface area contributed by atoms with E-state index in [1.165, 1.54) is 4.31 Å². The van der Waals surface area contributed by atoms with E-state index in [2.05, 4.69) is 10.6 Å². The van der Waals surface area contributed by atoms with Gasteiger partial charge in [-0.25, -0.2) is 8.42 Å². The smallest absolute Gasteiger partial charge is 0.252 e. The Bertz CT molecular complexity index is 893. The number of hydrogen-bond acceptors (Lipinski definition) is 5. The number of carbonyl (C=O) groups is 2. The summed E-state index contributed by atoms with van der Waals surface area (Å²) in [6, 6.07) is 4.10. The Morgan fingerprint density at radius 3 is 2.62 bits per heavy atom. The maximum Gasteiger partial charge on any atom is 0.252 e. The number of hydrogen-bond donors (Lipinski definition) is 2. The first-order valence-corrected chi connectivity index (χ1v) is 11.6. The lowest BCUT2D eigenvalue weighted by atomic mass is 9.98. The molecule has 1 aliphatic carbocycles. The van der Waals surface area contributed by atoms with Crippen LogP contribution in [0.4, 0.5) is 0 Å². The average molecular weight is 424 g/mol. The van der Waals surface area contributed by atoms with E-state index >= 15 is 0 Å². The van der Waals surface area contributed by atoms with E-state index in [4.69, 9.17) is 4.74 Å². The predicted octanol–water partition coefficient (Wildman–Crippen LogP) is 1.20. The summed E-state index contributed by atoms with van der Waals surface area (Å²) in [6.07, 6.45) is 3.38. The number of methoxy groups -OCH3 is 1. The molecule has 0 bridgehead atoms. The van der Waals surface area contributed by atoms with E-state index in [9.17, 15) is 18.0 Å². The average Bonchev–Trinajstić information content (AvgIpc) is 3.08. The normalized spacial score (nSPS) is 22.2. The van der Waals surface area contributed by atoms with Crippen molar-refractivity contribution in [1.29, 1.82) is 0 Å². The summed E-state index contributed by atoms with van der Waals surface area (Å²) in [5.74, 6) is -0.161. The van der Waals surface area contributed by atoms with Crippen LogP contribution >= 0.6 is 0 Å². The van der Waals surface area contributed by atoms with Gasteiger partial charge in [0.25, 0.3) is 5.91 Å². The van der Waals surface area contributed by atoms with Gasteiger partial charge >= 0.3 is 0 Å². The number of aryl methyl sites for hydroxylation is 1. The quantitative estimate of drug-likeness (QED) is 0.740. The van der Waals surface area contributed by atoms with Gasteiger partial charge in [0.05, 0.1) is 18.4 Å². The third-order valence-corrected chi connectivity index (χ3v) is 7.67. The second kappa shape index (κ2) is 8.31. The third-order valence-electron chi connectivity index (χ3n) is 5.87. The standard InChI is InChI=1S/C20H29N3O5S/c1-4-29(26,27)23-12-17(19(25)22-20(13-23)9-5-6-10-20)21-18(24)16-8-7-15(28-3)11-14(16)2/h7-8,11,17H,4-6,9-10,12-13H2,1-3H3,(H,21,24)(H,22,25). The lowest BCUT2D eigenvalue weighted by Crippen LogP contribution is -2.54. The van der Waals surface area contributed by atoms with E-state index < -0.39 is 27.5 Å². The summed E-state index contributed by atoms with van der Waals surface area (Å²) in [5.41, 5.74) is 0.582. The molecule has 1 aromatic rings. The fraction of sp³-hybridized carbons (Fsp3) is 0.600. The topological polar surface area (TPSA) is 105 Å². The van der Waals surface area contributed by atoms with Gasteiger partial charge in [0.2, 0.25) is 15.9 Å². The molecule has 0 aromatic heterocycles. The zero-order chi connectivity index (χ0) is 21.2. The van der Waals surface area contributed by atoms with Crippen molar-refractivity contribution >= 4 is 21.8 Å². The van der Waals surface area contributed by atoms with E-state index in [-0.39, 0.29) is 24.7 Å². The van der Waals surface area contributed by atoms with Crippen LogP contribution in [0.2, 0.25) is 0 Å². The number of nitrogens with zero attached hydrogens (tertiary/aromatic N) is 1. The summed E-state index contributed by atoms with van der Waals surface area (Å²) in [5, 5.41) is 5.78. The summed E-state index contributed by atoms with van der Waals surface area (Å²) in [6.45, 7) is 3.56. The van der Waals surface area contributed by atoms with E-state index in [0.717, 1.165) is 25.7 Å². The lowest BCUT2D eigenvalue weighted by molar-refractivity contribution is -0.124. The molecule has 1 aromatic carbocycles. The van der Waals surface area contributed by atoms with E-state index in [1.807, 2.05) is 0 Å². The van der Waals surface area contributed by atoms with Crippen molar-refractivity contribution in [3.63, 3.8) is 0 Å². The largest absolute Gasteiger partial charge is 0.497 e. The second-order valence-corrected chi connectivity index (χ2v) is 10.1. The molecular weight excluding hydrogens is 394 g/mol. The van der Waals surface area contributed by atoms with E-state index in [1.54, 1.807) is 39.2 Å². The molecule has 1 atom stereocenters. The van der Waals surface area contributed by atoms with Crippen LogP contribution in [0.5, 0.6) is 5.75 Å². The van der Waals surface area contributed by atoms with Crippen LogP contribution in [0.15, 0.2) is 18.2 Å². The minimum atomic E-state index is -3.51. The van der Waals surface area contributed by atoms with Crippen molar-refractivity contribution in [2.45, 2.75) is 51.1 Å². The summed E-state index contributed by atoms with van der Waals surface area (Å²) >= 11 is 0. The molecule has 8 nitrogen and oxygen atoms in total. The highest BCUT2D eigenvalue weighted by atomic mass is 32.2. The van der Waals surface area contributed by atoms with Crippen molar-refractivity contribution in [3.05, 3.63) is 29.3 Å². The van der Waals surface area contributed by atoms with Crippen molar-refractivity contribution < 1.29 is 22.7 Å². The highest BCUT2D eigenvalue weighted by Crippen LogP contribution is 2.33. The Morgan fingerprint density at radius 1 is 1.34 bits per heavy atom. The van der Waals surface area contributed by atoms with Crippen LogP contribution in [0.25, 0.3) is 0 Å². The zero-order valence-electron chi connectivity index (χ0n) is 17.2. The number of ether oxygens (including phenoxy) is 1. The molecule has 1 saturated heterocycles. The Morgan fingerprint density at radius 2 is 2.03 bits per heavy atom. The molecule has 1 aliphatic heterocycles. The van der Waals surface area contributed by atoms with Gasteiger partial charge in [-0.15, -0.1) is 0 Å². The lowest BCUT2D eigenvalue weighted by Gasteiger charge is -2.32. The number of sulfonamides is 1. The van der Waals surface area contributed by atoms with Gasteiger partial charge in [0.15, 0.2) is 0 Å². The highest BCUT2D eigenvalue weighted by Gasteiger charge is 2.45. The number of benzene rings is 1. The van der Waals surface area contributed by atoms with Crippen molar-refractivity contribution in [2.75, 3.05) is 26.0 Å². The van der Waals surface area contributed by atoms with Crippen LogP contribution in [-0.4, -0.2) is 62.1 Å². The summed E-state index contributed by atoms with van der Waals surface area (Å²) in [4.78, 5) is 25.8. The van der Waals surface area contributed by atoms with Crippen LogP contribution in [0.3, 0.4) is 0 Å². The fourth-order valence-corrected chi connectivity index (χ4v) is 5.36. The molecule has 1 heterocycles. The molecule has 9 heteroatoms. The van der Waals surface area contributed by atoms with Gasteiger partial charge in [-0.2, -0.15) is 4.31 Å². The summed E-state index contributed by atoms with van der Waals surface area (Å²) < 4.78 is 31.8. The molecule has 2 amide bonds. The Balaban J connectivity index is 1.85. The highest BCUT2D eigenvalue weighted by molar-refractivity contribution is 7.89. The van der Waals surface area contributed by atoms with Crippen LogP contribution < -0.4 is 15.4 Å². The first-order valence-electron chi connectivity index (χ1n) is 9.95. The molecule has 2 aliphatic rings. The monoisotopic (exact) mass is 423 g/mol. The first kappa shape index (κ1) is 21.6. The van der Waals surface area contributed by atoms with Gasteiger partial charge in [-0.3, -0.25) is 9.59 Å². The van der Waals surface area contributed by atoms with Crippen LogP contribution in [0, 0.1) is 6.92 Å². The molecule has 3 rings (SSSR count). The molecule has 29 heavy (non-hydrogen) atoms. The second-order valence-electron chi connectivity index (χ2n) is 7.88. The SMILES string of the molecule is CCS(=O)(=O)N1CC(NC(=O)c2ccc(OC)cc2C)C(=O)NC2(CCCC2)C1. The molecule has 0 radical (unpaired) electrons. The Labute approximate surface area is 172 Å². The predicted molar refractivity (Wildman–Crippen MR) is 109 cm³/mol. The first-order chi connectivity index (χ1) is 13.7. The minimum absolute atomic E-state index is 0.0461. The Kier molecular flexibility index (Phi) is 6.19. The molecule has 2 N–H and O–H groups in total. The third kappa shape index (κ3) is 4.56. The molecule has 1 unspecified atom stereocenters. The molecule has 1 saturated carbocycles. The number of amides is 2. The number of nitrogens with one attached hydrogen (secondary N) is 2. The van der Waals surface area contributed by atoms with Crippen molar-refractivity contribution in [1.82, 2.24) is 14.9 Å². The number of carbonyl (C=O) groups excluding carboxylic acids is 2. The summed E-state index contributed by atoms with van der Waals surface area (Å²) in [7, 11) is -1.96. The van der Waals surface area contributed by atoms with Crippen molar-refractivity contribution in [2.24, 2.45) is 0 Å². The van der Waals surface area contributed by atoms with Crippen LogP contribution in [0.1, 0.15) is 48.5 Å².